The molecule has 0 spiro atoms. The first-order valence-corrected chi connectivity index (χ1v) is 10.1. The summed E-state index contributed by atoms with van der Waals surface area (Å²) in [7, 11) is 1.46. The van der Waals surface area contributed by atoms with Gasteiger partial charge in [-0.05, 0) is 39.5 Å². The van der Waals surface area contributed by atoms with Gasteiger partial charge in [-0.15, -0.1) is 0 Å². The van der Waals surface area contributed by atoms with E-state index in [2.05, 4.69) is 20.4 Å². The Balaban J connectivity index is 0. The second-order valence-electron chi connectivity index (χ2n) is 7.41. The van der Waals surface area contributed by atoms with Crippen LogP contribution < -0.4 is 0 Å². The van der Waals surface area contributed by atoms with Crippen molar-refractivity contribution in [2.24, 2.45) is 10.8 Å². The molecule has 0 saturated heterocycles. The molecule has 0 aliphatic rings. The lowest BCUT2D eigenvalue weighted by Gasteiger charge is -2.25. The quantitative estimate of drug-likeness (QED) is 0.308. The van der Waals surface area contributed by atoms with E-state index in [-0.39, 0.29) is 22.8 Å². The molecule has 0 radical (unpaired) electrons. The van der Waals surface area contributed by atoms with E-state index in [1.807, 2.05) is 27.7 Å². The van der Waals surface area contributed by atoms with Crippen molar-refractivity contribution in [3.05, 3.63) is 12.7 Å². The normalized spacial score (nSPS) is 14.9. The zero-order valence-corrected chi connectivity index (χ0v) is 18.3. The summed E-state index contributed by atoms with van der Waals surface area (Å²) in [5.74, 6) is -0.160. The van der Waals surface area contributed by atoms with Gasteiger partial charge in [-0.25, -0.2) is 0 Å². The number of ether oxygens (including phenoxy) is 2. The maximum atomic E-state index is 11.7. The predicted octanol–water partition coefficient (Wildman–Crippen LogP) is 6.09. The first-order valence-electron chi connectivity index (χ1n) is 10.1. The fourth-order valence-corrected chi connectivity index (χ4v) is 2.54. The first-order chi connectivity index (χ1) is 12.2. The van der Waals surface area contributed by atoms with Gasteiger partial charge in [0.15, 0.2) is 0 Å². The maximum Gasteiger partial charge on any atom is 0.312 e. The lowest BCUT2D eigenvalue weighted by molar-refractivity contribution is -0.154. The van der Waals surface area contributed by atoms with Crippen molar-refractivity contribution >= 4 is 11.9 Å². The Morgan fingerprint density at radius 2 is 1.31 bits per heavy atom. The largest absolute Gasteiger partial charge is 0.469 e. The Morgan fingerprint density at radius 1 is 0.885 bits per heavy atom. The Bertz CT molecular complexity index is 405. The SMILES string of the molecule is C=CCOC(=O)C(C)(CC)CCCC.CCCCC(C)(CC)C(=O)OC. The number of hydrogen-bond donors (Lipinski definition) is 0. The van der Waals surface area contributed by atoms with Gasteiger partial charge >= 0.3 is 11.9 Å². The number of carbonyl (C=O) groups is 2. The van der Waals surface area contributed by atoms with Crippen molar-refractivity contribution < 1.29 is 19.1 Å². The van der Waals surface area contributed by atoms with Gasteiger partial charge in [-0.2, -0.15) is 0 Å². The summed E-state index contributed by atoms with van der Waals surface area (Å²) in [6.07, 6.45) is 9.57. The van der Waals surface area contributed by atoms with E-state index in [9.17, 15) is 9.59 Å². The molecule has 154 valence electrons. The van der Waals surface area contributed by atoms with E-state index >= 15 is 0 Å². The third-order valence-electron chi connectivity index (χ3n) is 5.23. The summed E-state index contributed by atoms with van der Waals surface area (Å²) in [6.45, 7) is 16.1. The Hall–Kier alpha value is -1.32. The van der Waals surface area contributed by atoms with Gasteiger partial charge < -0.3 is 9.47 Å². The molecule has 0 aliphatic carbocycles. The molecule has 2 unspecified atom stereocenters. The minimum Gasteiger partial charge on any atom is -0.469 e. The van der Waals surface area contributed by atoms with Crippen molar-refractivity contribution in [3.63, 3.8) is 0 Å². The number of rotatable bonds is 12. The molecule has 0 fully saturated rings. The smallest absolute Gasteiger partial charge is 0.312 e. The van der Waals surface area contributed by atoms with Gasteiger partial charge in [0.05, 0.1) is 17.9 Å². The molecule has 4 heteroatoms. The van der Waals surface area contributed by atoms with Gasteiger partial charge in [0.25, 0.3) is 0 Å². The highest BCUT2D eigenvalue weighted by Gasteiger charge is 2.32. The van der Waals surface area contributed by atoms with Gasteiger partial charge in [0.2, 0.25) is 0 Å². The molecular weight excluding hydrogens is 328 g/mol. The van der Waals surface area contributed by atoms with E-state index < -0.39 is 0 Å². The van der Waals surface area contributed by atoms with Gasteiger partial charge in [0.1, 0.15) is 6.61 Å². The molecule has 0 aromatic rings. The second kappa shape index (κ2) is 14.8. The number of methoxy groups -OCH3 is 1. The average molecular weight is 371 g/mol. The van der Waals surface area contributed by atoms with E-state index in [1.165, 1.54) is 7.11 Å². The average Bonchev–Trinajstić information content (AvgIpc) is 2.67. The lowest BCUT2D eigenvalue weighted by Crippen LogP contribution is -2.29. The molecule has 0 N–H and O–H groups in total. The summed E-state index contributed by atoms with van der Waals surface area (Å²) >= 11 is 0. The third kappa shape index (κ3) is 9.98. The molecule has 0 aliphatic heterocycles. The van der Waals surface area contributed by atoms with Crippen LogP contribution in [0.4, 0.5) is 0 Å². The Kier molecular flexibility index (Phi) is 15.3. The number of unbranched alkanes of at least 4 members (excludes halogenated alkanes) is 2. The second-order valence-corrected chi connectivity index (χ2v) is 7.41. The van der Waals surface area contributed by atoms with Crippen LogP contribution in [0.3, 0.4) is 0 Å². The summed E-state index contributed by atoms with van der Waals surface area (Å²) in [5, 5.41) is 0. The van der Waals surface area contributed by atoms with Crippen molar-refractivity contribution in [1.82, 2.24) is 0 Å². The Labute approximate surface area is 161 Å². The molecular formula is C22H42O4. The van der Waals surface area contributed by atoms with Crippen LogP contribution in [-0.2, 0) is 19.1 Å². The molecule has 0 aromatic heterocycles. The topological polar surface area (TPSA) is 52.6 Å². The Morgan fingerprint density at radius 3 is 1.62 bits per heavy atom. The summed E-state index contributed by atoms with van der Waals surface area (Å²) in [4.78, 5) is 23.0. The summed E-state index contributed by atoms with van der Waals surface area (Å²) in [6, 6.07) is 0. The minimum absolute atomic E-state index is 0.0709. The molecule has 0 aromatic carbocycles. The highest BCUT2D eigenvalue weighted by atomic mass is 16.5. The first kappa shape index (κ1) is 26.9. The number of carbonyl (C=O) groups excluding carboxylic acids is 2. The highest BCUT2D eigenvalue weighted by molar-refractivity contribution is 5.76. The van der Waals surface area contributed by atoms with Crippen LogP contribution in [0.2, 0.25) is 0 Å². The molecule has 0 saturated carbocycles. The monoisotopic (exact) mass is 370 g/mol. The maximum absolute atomic E-state index is 11.7. The molecule has 2 atom stereocenters. The summed E-state index contributed by atoms with van der Waals surface area (Å²) in [5.41, 5.74) is -0.566. The van der Waals surface area contributed by atoms with Gasteiger partial charge in [-0.3, -0.25) is 9.59 Å². The molecule has 0 rings (SSSR count). The standard InChI is InChI=1S/C12H22O2.C10H20O2/c1-5-8-9-12(4,7-3)11(13)14-10-6-2;1-5-7-8-10(3,6-2)9(11)12-4/h6H,2,5,7-10H2,1,3-4H3;5-8H2,1-4H3. The van der Waals surface area contributed by atoms with Crippen LogP contribution in [0.15, 0.2) is 12.7 Å². The van der Waals surface area contributed by atoms with Crippen LogP contribution in [0, 0.1) is 10.8 Å². The van der Waals surface area contributed by atoms with Gasteiger partial charge in [0, 0.05) is 0 Å². The van der Waals surface area contributed by atoms with Crippen LogP contribution in [0.5, 0.6) is 0 Å². The molecule has 26 heavy (non-hydrogen) atoms. The van der Waals surface area contributed by atoms with E-state index in [1.54, 1.807) is 6.08 Å². The fourth-order valence-electron chi connectivity index (χ4n) is 2.54. The molecule has 4 nitrogen and oxygen atoms in total. The summed E-state index contributed by atoms with van der Waals surface area (Å²) < 4.78 is 9.85. The number of hydrogen-bond acceptors (Lipinski definition) is 4. The van der Waals surface area contributed by atoms with Crippen molar-refractivity contribution in [3.8, 4) is 0 Å². The van der Waals surface area contributed by atoms with Crippen LogP contribution in [0.25, 0.3) is 0 Å². The zero-order chi connectivity index (χ0) is 20.6. The fraction of sp³-hybridized carbons (Fsp3) is 0.818. The van der Waals surface area contributed by atoms with Crippen LogP contribution >= 0.6 is 0 Å². The lowest BCUT2D eigenvalue weighted by atomic mass is 9.82. The molecule has 0 amide bonds. The minimum atomic E-state index is -0.307. The van der Waals surface area contributed by atoms with E-state index in [0.717, 1.165) is 51.4 Å². The third-order valence-corrected chi connectivity index (χ3v) is 5.23. The molecule has 0 bridgehead atoms. The van der Waals surface area contributed by atoms with E-state index in [4.69, 9.17) is 9.47 Å². The molecule has 0 heterocycles. The van der Waals surface area contributed by atoms with Crippen molar-refractivity contribution in [2.75, 3.05) is 13.7 Å². The van der Waals surface area contributed by atoms with Gasteiger partial charge in [-0.1, -0.05) is 66.0 Å². The van der Waals surface area contributed by atoms with Crippen molar-refractivity contribution in [1.29, 1.82) is 0 Å². The van der Waals surface area contributed by atoms with Crippen molar-refractivity contribution in [2.45, 2.75) is 92.9 Å². The zero-order valence-electron chi connectivity index (χ0n) is 18.3. The predicted molar refractivity (Wildman–Crippen MR) is 109 cm³/mol. The van der Waals surface area contributed by atoms with Crippen LogP contribution in [-0.4, -0.2) is 25.7 Å². The number of esters is 2. The van der Waals surface area contributed by atoms with Crippen LogP contribution in [0.1, 0.15) is 92.9 Å². The highest BCUT2D eigenvalue weighted by Crippen LogP contribution is 2.30. The van der Waals surface area contributed by atoms with E-state index in [0.29, 0.717) is 6.61 Å².